The fourth-order valence-corrected chi connectivity index (χ4v) is 2.56. The summed E-state index contributed by atoms with van der Waals surface area (Å²) in [7, 11) is -0.522. The van der Waals surface area contributed by atoms with E-state index in [9.17, 15) is 9.59 Å². The highest BCUT2D eigenvalue weighted by molar-refractivity contribution is 6.62. The van der Waals surface area contributed by atoms with Crippen LogP contribution in [0.25, 0.3) is 0 Å². The molecule has 7 nitrogen and oxygen atoms in total. The Kier molecular flexibility index (Phi) is 6.46. The predicted octanol–water partition coefficient (Wildman–Crippen LogP) is 2.24. The first-order valence-corrected chi connectivity index (χ1v) is 9.51. The number of hydrogen-bond acceptors (Lipinski definition) is 5. The molecule has 1 aliphatic rings. The van der Waals surface area contributed by atoms with Crippen molar-refractivity contribution in [3.8, 4) is 0 Å². The molecule has 1 heterocycles. The third-order valence-corrected chi connectivity index (χ3v) is 4.75. The molecule has 0 atom stereocenters. The lowest BCUT2D eigenvalue weighted by Gasteiger charge is -2.32. The summed E-state index contributed by atoms with van der Waals surface area (Å²) in [6.07, 6.45) is -0.510. The fraction of sp³-hybridized carbons (Fsp3) is 0.600. The van der Waals surface area contributed by atoms with Gasteiger partial charge in [-0.25, -0.2) is 4.79 Å². The van der Waals surface area contributed by atoms with Gasteiger partial charge in [-0.2, -0.15) is 0 Å². The van der Waals surface area contributed by atoms with Crippen LogP contribution in [0.2, 0.25) is 0 Å². The zero-order chi connectivity index (χ0) is 21.2. The Hall–Kier alpha value is -2.06. The number of nitrogens with one attached hydrogen (secondary N) is 2. The van der Waals surface area contributed by atoms with Gasteiger partial charge in [-0.05, 0) is 66.1 Å². The van der Waals surface area contributed by atoms with Gasteiger partial charge < -0.3 is 24.7 Å². The topological polar surface area (TPSA) is 85.9 Å². The lowest BCUT2D eigenvalue weighted by molar-refractivity contribution is 0.00578. The quantitative estimate of drug-likeness (QED) is 0.595. The van der Waals surface area contributed by atoms with Gasteiger partial charge in [0, 0.05) is 18.7 Å². The normalized spacial score (nSPS) is 17.9. The van der Waals surface area contributed by atoms with Crippen molar-refractivity contribution < 1.29 is 23.6 Å². The van der Waals surface area contributed by atoms with E-state index in [0.29, 0.717) is 12.1 Å². The van der Waals surface area contributed by atoms with Crippen LogP contribution in [0.15, 0.2) is 24.3 Å². The molecule has 0 unspecified atom stereocenters. The van der Waals surface area contributed by atoms with Crippen LogP contribution < -0.4 is 16.1 Å². The summed E-state index contributed by atoms with van der Waals surface area (Å²) in [4.78, 5) is 24.0. The third kappa shape index (κ3) is 5.72. The molecule has 1 saturated heterocycles. The van der Waals surface area contributed by atoms with E-state index in [1.807, 2.05) is 33.8 Å². The Morgan fingerprint density at radius 3 is 2.18 bits per heavy atom. The van der Waals surface area contributed by atoms with Crippen LogP contribution in [0.4, 0.5) is 4.79 Å². The average molecular weight is 390 g/mol. The summed E-state index contributed by atoms with van der Waals surface area (Å²) in [6, 6.07) is 7.17. The molecule has 2 amide bonds. The van der Waals surface area contributed by atoms with Crippen molar-refractivity contribution in [1.29, 1.82) is 0 Å². The summed E-state index contributed by atoms with van der Waals surface area (Å²) in [5.41, 5.74) is -0.143. The molecular weight excluding hydrogens is 359 g/mol. The molecule has 1 aromatic rings. The van der Waals surface area contributed by atoms with E-state index in [0.717, 1.165) is 5.46 Å². The van der Waals surface area contributed by atoms with Crippen molar-refractivity contribution in [3.05, 3.63) is 29.8 Å². The van der Waals surface area contributed by atoms with E-state index >= 15 is 0 Å². The molecule has 0 aliphatic carbocycles. The summed E-state index contributed by atoms with van der Waals surface area (Å²) in [5.74, 6) is -0.232. The van der Waals surface area contributed by atoms with Gasteiger partial charge in [0.2, 0.25) is 0 Å². The molecule has 0 bridgehead atoms. The van der Waals surface area contributed by atoms with Gasteiger partial charge >= 0.3 is 13.2 Å². The lowest BCUT2D eigenvalue weighted by atomic mass is 9.78. The minimum atomic E-state index is -0.554. The van der Waals surface area contributed by atoms with Crippen LogP contribution in [0.1, 0.15) is 58.8 Å². The smallest absolute Gasteiger partial charge is 0.444 e. The van der Waals surface area contributed by atoms with Crippen molar-refractivity contribution >= 4 is 24.6 Å². The van der Waals surface area contributed by atoms with E-state index in [1.54, 1.807) is 39.0 Å². The maximum Gasteiger partial charge on any atom is 0.494 e. The Balaban J connectivity index is 1.88. The average Bonchev–Trinajstić information content (AvgIpc) is 2.78. The second-order valence-corrected chi connectivity index (χ2v) is 8.90. The predicted molar refractivity (Wildman–Crippen MR) is 109 cm³/mol. The summed E-state index contributed by atoms with van der Waals surface area (Å²) < 4.78 is 17.2. The van der Waals surface area contributed by atoms with Crippen molar-refractivity contribution in [2.45, 2.75) is 65.3 Å². The molecule has 0 saturated carbocycles. The first-order valence-electron chi connectivity index (χ1n) is 9.51. The highest BCUT2D eigenvalue weighted by atomic mass is 16.7. The SMILES string of the molecule is CC(C)(C)OC(=O)NCCNC(=O)c1cccc(B2OC(C)(C)C(C)(C)O2)c1. The molecule has 1 aliphatic heterocycles. The van der Waals surface area contributed by atoms with E-state index in [4.69, 9.17) is 14.0 Å². The Morgan fingerprint density at radius 2 is 1.61 bits per heavy atom. The molecule has 0 radical (unpaired) electrons. The lowest BCUT2D eigenvalue weighted by Crippen LogP contribution is -2.41. The minimum Gasteiger partial charge on any atom is -0.444 e. The monoisotopic (exact) mass is 390 g/mol. The minimum absolute atomic E-state index is 0.232. The van der Waals surface area contributed by atoms with Crippen LogP contribution in [0, 0.1) is 0 Å². The van der Waals surface area contributed by atoms with Crippen molar-refractivity contribution in [3.63, 3.8) is 0 Å². The highest BCUT2D eigenvalue weighted by Gasteiger charge is 2.51. The Bertz CT molecular complexity index is 712. The number of rotatable bonds is 5. The fourth-order valence-electron chi connectivity index (χ4n) is 2.56. The molecule has 2 rings (SSSR count). The van der Waals surface area contributed by atoms with E-state index in [2.05, 4.69) is 10.6 Å². The van der Waals surface area contributed by atoms with Gasteiger partial charge in [0.25, 0.3) is 5.91 Å². The van der Waals surface area contributed by atoms with Gasteiger partial charge in [-0.3, -0.25) is 4.79 Å². The molecular formula is C20H31BN2O5. The maximum absolute atomic E-state index is 12.4. The van der Waals surface area contributed by atoms with Crippen molar-refractivity contribution in [2.75, 3.05) is 13.1 Å². The third-order valence-electron chi connectivity index (χ3n) is 4.75. The van der Waals surface area contributed by atoms with Gasteiger partial charge in [0.1, 0.15) is 5.60 Å². The van der Waals surface area contributed by atoms with E-state index in [1.165, 1.54) is 0 Å². The number of benzene rings is 1. The molecule has 28 heavy (non-hydrogen) atoms. The maximum atomic E-state index is 12.4. The second-order valence-electron chi connectivity index (χ2n) is 8.90. The van der Waals surface area contributed by atoms with Crippen LogP contribution in [0.5, 0.6) is 0 Å². The molecule has 2 N–H and O–H groups in total. The zero-order valence-corrected chi connectivity index (χ0v) is 17.8. The van der Waals surface area contributed by atoms with E-state index < -0.39 is 30.0 Å². The van der Waals surface area contributed by atoms with Gasteiger partial charge in [-0.1, -0.05) is 12.1 Å². The van der Waals surface area contributed by atoms with Crippen LogP contribution in [0.3, 0.4) is 0 Å². The first kappa shape index (κ1) is 22.2. The standard InChI is InChI=1S/C20H31BN2O5/c1-18(2,3)26-17(25)23-12-11-22-16(24)14-9-8-10-15(13-14)21-27-19(4,5)20(6,7)28-21/h8-10,13H,11-12H2,1-7H3,(H,22,24)(H,23,25). The number of hydrogen-bond donors (Lipinski definition) is 2. The molecule has 154 valence electrons. The van der Waals surface area contributed by atoms with Gasteiger partial charge in [0.15, 0.2) is 0 Å². The highest BCUT2D eigenvalue weighted by Crippen LogP contribution is 2.36. The summed E-state index contributed by atoms with van der Waals surface area (Å²) in [5, 5.41) is 5.38. The molecule has 8 heteroatoms. The number of carbonyl (C=O) groups is 2. The summed E-state index contributed by atoms with van der Waals surface area (Å²) >= 11 is 0. The number of carbonyl (C=O) groups excluding carboxylic acids is 2. The van der Waals surface area contributed by atoms with Crippen LogP contribution >= 0.6 is 0 Å². The van der Waals surface area contributed by atoms with Crippen molar-refractivity contribution in [2.24, 2.45) is 0 Å². The Morgan fingerprint density at radius 1 is 1.04 bits per heavy atom. The number of alkyl carbamates (subject to hydrolysis) is 1. The first-order chi connectivity index (χ1) is 12.8. The molecule has 0 spiro atoms. The number of ether oxygens (including phenoxy) is 1. The van der Waals surface area contributed by atoms with Gasteiger partial charge in [0.05, 0.1) is 11.2 Å². The zero-order valence-electron chi connectivity index (χ0n) is 17.8. The molecule has 0 aromatic heterocycles. The second kappa shape index (κ2) is 8.13. The van der Waals surface area contributed by atoms with Crippen LogP contribution in [-0.2, 0) is 14.0 Å². The Labute approximate surface area is 167 Å². The van der Waals surface area contributed by atoms with Crippen molar-refractivity contribution in [1.82, 2.24) is 10.6 Å². The van der Waals surface area contributed by atoms with E-state index in [-0.39, 0.29) is 12.5 Å². The largest absolute Gasteiger partial charge is 0.494 e. The molecule has 1 aromatic carbocycles. The van der Waals surface area contributed by atoms with Crippen LogP contribution in [-0.4, -0.2) is 49.0 Å². The molecule has 1 fully saturated rings. The summed E-state index contributed by atoms with van der Waals surface area (Å²) in [6.45, 7) is 13.9. The van der Waals surface area contributed by atoms with Gasteiger partial charge in [-0.15, -0.1) is 0 Å². The number of amides is 2.